The number of nitrogens with one attached hydrogen (secondary N) is 2. The summed E-state index contributed by atoms with van der Waals surface area (Å²) in [5.74, 6) is 0. The van der Waals surface area contributed by atoms with Crippen LogP contribution in [-0.4, -0.2) is 6.03 Å². The summed E-state index contributed by atoms with van der Waals surface area (Å²) in [7, 11) is 0. The topological polar surface area (TPSA) is 41.1 Å². The average Bonchev–Trinajstić information content (AvgIpc) is 2.58. The second-order valence-electron chi connectivity index (χ2n) is 3.81. The van der Waals surface area contributed by atoms with Crippen LogP contribution in [0.1, 0.15) is 30.3 Å². The number of amides is 2. The standard InChI is InChI=1S/C11H14N2OS/c1-6-4-5-15-10(6)9-7(2)8(3)12-11(14)13-9/h4-5,9H,1-3H3,(H2,12,13,14). The number of aryl methyl sites for hydroxylation is 1. The van der Waals surface area contributed by atoms with Crippen molar-refractivity contribution >= 4 is 17.4 Å². The van der Waals surface area contributed by atoms with Crippen molar-refractivity contribution in [3.05, 3.63) is 33.2 Å². The number of carbonyl (C=O) groups is 1. The van der Waals surface area contributed by atoms with Crippen LogP contribution in [0.15, 0.2) is 22.7 Å². The summed E-state index contributed by atoms with van der Waals surface area (Å²) in [6.07, 6.45) is 0. The minimum atomic E-state index is -0.115. The van der Waals surface area contributed by atoms with Gasteiger partial charge in [0.1, 0.15) is 0 Å². The van der Waals surface area contributed by atoms with Gasteiger partial charge in [0.2, 0.25) is 0 Å². The Morgan fingerprint density at radius 3 is 2.67 bits per heavy atom. The largest absolute Gasteiger partial charge is 0.326 e. The van der Waals surface area contributed by atoms with Gasteiger partial charge in [-0.2, -0.15) is 0 Å². The zero-order valence-electron chi connectivity index (χ0n) is 9.05. The van der Waals surface area contributed by atoms with Crippen molar-refractivity contribution < 1.29 is 4.79 Å². The molecular weight excluding hydrogens is 208 g/mol. The lowest BCUT2D eigenvalue weighted by atomic mass is 10.0. The smallest absolute Gasteiger partial charge is 0.319 e. The van der Waals surface area contributed by atoms with Crippen molar-refractivity contribution in [2.45, 2.75) is 26.8 Å². The molecule has 0 bridgehead atoms. The Morgan fingerprint density at radius 1 is 1.33 bits per heavy atom. The van der Waals surface area contributed by atoms with E-state index in [2.05, 4.69) is 29.0 Å². The van der Waals surface area contributed by atoms with E-state index in [1.807, 2.05) is 13.8 Å². The third-order valence-electron chi connectivity index (χ3n) is 2.76. The summed E-state index contributed by atoms with van der Waals surface area (Å²) in [6, 6.07) is 2.01. The van der Waals surface area contributed by atoms with E-state index in [4.69, 9.17) is 0 Å². The molecule has 80 valence electrons. The molecule has 15 heavy (non-hydrogen) atoms. The number of thiophene rings is 1. The molecule has 0 saturated carbocycles. The highest BCUT2D eigenvalue weighted by atomic mass is 32.1. The van der Waals surface area contributed by atoms with Gasteiger partial charge in [-0.1, -0.05) is 0 Å². The van der Waals surface area contributed by atoms with Crippen LogP contribution in [0, 0.1) is 6.92 Å². The van der Waals surface area contributed by atoms with Gasteiger partial charge in [-0.15, -0.1) is 11.3 Å². The Bertz CT molecular complexity index is 434. The van der Waals surface area contributed by atoms with Crippen LogP contribution in [0.25, 0.3) is 0 Å². The van der Waals surface area contributed by atoms with Crippen molar-refractivity contribution in [1.29, 1.82) is 0 Å². The molecule has 2 N–H and O–H groups in total. The van der Waals surface area contributed by atoms with Gasteiger partial charge < -0.3 is 10.6 Å². The molecule has 1 aromatic rings. The normalized spacial score (nSPS) is 21.3. The van der Waals surface area contributed by atoms with Gasteiger partial charge >= 0.3 is 6.03 Å². The minimum absolute atomic E-state index is 0.0405. The molecule has 2 amide bonds. The molecule has 1 aliphatic rings. The van der Waals surface area contributed by atoms with Crippen molar-refractivity contribution in [3.63, 3.8) is 0 Å². The highest BCUT2D eigenvalue weighted by molar-refractivity contribution is 7.10. The van der Waals surface area contributed by atoms with E-state index in [-0.39, 0.29) is 12.1 Å². The molecule has 0 fully saturated rings. The summed E-state index contributed by atoms with van der Waals surface area (Å²) in [4.78, 5) is 12.6. The van der Waals surface area contributed by atoms with Gasteiger partial charge in [0.05, 0.1) is 6.04 Å². The first-order valence-corrected chi connectivity index (χ1v) is 5.76. The first-order chi connectivity index (χ1) is 7.09. The Morgan fingerprint density at radius 2 is 2.07 bits per heavy atom. The van der Waals surface area contributed by atoms with Gasteiger partial charge in [-0.3, -0.25) is 0 Å². The van der Waals surface area contributed by atoms with Gasteiger partial charge in [-0.05, 0) is 43.4 Å². The van der Waals surface area contributed by atoms with E-state index in [1.54, 1.807) is 11.3 Å². The molecule has 1 aliphatic heterocycles. The van der Waals surface area contributed by atoms with Crippen LogP contribution in [0.3, 0.4) is 0 Å². The van der Waals surface area contributed by atoms with Gasteiger partial charge in [0.25, 0.3) is 0 Å². The van der Waals surface area contributed by atoms with E-state index >= 15 is 0 Å². The number of rotatable bonds is 1. The maximum absolute atomic E-state index is 11.4. The van der Waals surface area contributed by atoms with E-state index in [9.17, 15) is 4.79 Å². The molecule has 0 aromatic carbocycles. The molecule has 0 aliphatic carbocycles. The van der Waals surface area contributed by atoms with Gasteiger partial charge in [0, 0.05) is 10.6 Å². The molecule has 0 radical (unpaired) electrons. The highest BCUT2D eigenvalue weighted by Gasteiger charge is 2.25. The lowest BCUT2D eigenvalue weighted by molar-refractivity contribution is 0.238. The number of allylic oxidation sites excluding steroid dienone is 1. The molecule has 4 heteroatoms. The number of hydrogen-bond acceptors (Lipinski definition) is 2. The third kappa shape index (κ3) is 1.77. The number of hydrogen-bond donors (Lipinski definition) is 2. The first kappa shape index (κ1) is 10.2. The van der Waals surface area contributed by atoms with Crippen LogP contribution < -0.4 is 10.6 Å². The van der Waals surface area contributed by atoms with Crippen LogP contribution in [0.4, 0.5) is 4.79 Å². The molecule has 1 aromatic heterocycles. The quantitative estimate of drug-likeness (QED) is 0.753. The van der Waals surface area contributed by atoms with Gasteiger partial charge in [-0.25, -0.2) is 4.79 Å². The van der Waals surface area contributed by atoms with Crippen LogP contribution in [-0.2, 0) is 0 Å². The van der Waals surface area contributed by atoms with E-state index in [0.717, 1.165) is 5.70 Å². The predicted octanol–water partition coefficient (Wildman–Crippen LogP) is 2.70. The first-order valence-electron chi connectivity index (χ1n) is 4.88. The molecule has 1 atom stereocenters. The molecule has 0 spiro atoms. The number of urea groups is 1. The van der Waals surface area contributed by atoms with Crippen molar-refractivity contribution in [2.75, 3.05) is 0 Å². The Balaban J connectivity index is 2.41. The molecule has 0 saturated heterocycles. The third-order valence-corrected chi connectivity index (χ3v) is 3.85. The summed E-state index contributed by atoms with van der Waals surface area (Å²) in [5, 5.41) is 7.77. The van der Waals surface area contributed by atoms with Crippen LogP contribution in [0.5, 0.6) is 0 Å². The van der Waals surface area contributed by atoms with E-state index in [1.165, 1.54) is 16.0 Å². The summed E-state index contributed by atoms with van der Waals surface area (Å²) < 4.78 is 0. The Kier molecular flexibility index (Phi) is 2.52. The van der Waals surface area contributed by atoms with Crippen LogP contribution >= 0.6 is 11.3 Å². The molecular formula is C11H14N2OS. The maximum Gasteiger partial charge on any atom is 0.319 e. The Hall–Kier alpha value is -1.29. The minimum Gasteiger partial charge on any atom is -0.326 e. The molecule has 3 nitrogen and oxygen atoms in total. The van der Waals surface area contributed by atoms with Crippen LogP contribution in [0.2, 0.25) is 0 Å². The Labute approximate surface area is 93.2 Å². The lowest BCUT2D eigenvalue weighted by Crippen LogP contribution is -2.42. The second kappa shape index (κ2) is 3.70. The average molecular weight is 222 g/mol. The number of carbonyl (C=O) groups excluding carboxylic acids is 1. The van der Waals surface area contributed by atoms with Crippen molar-refractivity contribution in [3.8, 4) is 0 Å². The monoisotopic (exact) mass is 222 g/mol. The fourth-order valence-electron chi connectivity index (χ4n) is 1.70. The fraction of sp³-hybridized carbons (Fsp3) is 0.364. The highest BCUT2D eigenvalue weighted by Crippen LogP contribution is 2.31. The lowest BCUT2D eigenvalue weighted by Gasteiger charge is -2.26. The SMILES string of the molecule is CC1=C(C)C(c2sccc2C)NC(=O)N1. The molecule has 2 rings (SSSR count). The van der Waals surface area contributed by atoms with E-state index in [0.29, 0.717) is 0 Å². The molecule has 1 unspecified atom stereocenters. The predicted molar refractivity (Wildman–Crippen MR) is 61.8 cm³/mol. The zero-order chi connectivity index (χ0) is 11.0. The van der Waals surface area contributed by atoms with Gasteiger partial charge in [0.15, 0.2) is 0 Å². The zero-order valence-corrected chi connectivity index (χ0v) is 9.87. The fourth-order valence-corrected chi connectivity index (χ4v) is 2.75. The second-order valence-corrected chi connectivity index (χ2v) is 4.76. The summed E-state index contributed by atoms with van der Waals surface area (Å²) in [6.45, 7) is 6.05. The van der Waals surface area contributed by atoms with E-state index < -0.39 is 0 Å². The maximum atomic E-state index is 11.4. The summed E-state index contributed by atoms with van der Waals surface area (Å²) in [5.41, 5.74) is 3.37. The van der Waals surface area contributed by atoms with Crippen molar-refractivity contribution in [1.82, 2.24) is 10.6 Å². The molecule has 2 heterocycles. The van der Waals surface area contributed by atoms with Crippen molar-refractivity contribution in [2.24, 2.45) is 0 Å². The summed E-state index contributed by atoms with van der Waals surface area (Å²) >= 11 is 1.69.